The molecule has 0 spiro atoms. The van der Waals surface area contributed by atoms with Gasteiger partial charge < -0.3 is 18.8 Å². The van der Waals surface area contributed by atoms with Crippen molar-refractivity contribution in [1.29, 1.82) is 0 Å². The van der Waals surface area contributed by atoms with Crippen molar-refractivity contribution in [1.82, 2.24) is 14.4 Å². The van der Waals surface area contributed by atoms with Crippen molar-refractivity contribution in [2.24, 2.45) is 0 Å². The van der Waals surface area contributed by atoms with Crippen molar-refractivity contribution in [3.63, 3.8) is 0 Å². The monoisotopic (exact) mass is 403 g/mol. The minimum atomic E-state index is -0.205. The normalized spacial score (nSPS) is 18.2. The van der Waals surface area contributed by atoms with E-state index in [2.05, 4.69) is 48.0 Å². The molecule has 3 heterocycles. The zero-order valence-electron chi connectivity index (χ0n) is 17.0. The highest BCUT2D eigenvalue weighted by molar-refractivity contribution is 5.94. The molecule has 6 nitrogen and oxygen atoms in total. The lowest BCUT2D eigenvalue weighted by Crippen LogP contribution is -2.48. The molecule has 2 aromatic heterocycles. The number of carbonyl (C=O) groups excluding carboxylic acids is 2. The Balaban J connectivity index is 1.43. The fourth-order valence-electron chi connectivity index (χ4n) is 4.28. The second-order valence-corrected chi connectivity index (χ2v) is 8.17. The van der Waals surface area contributed by atoms with Gasteiger partial charge in [0.2, 0.25) is 5.91 Å². The minimum absolute atomic E-state index is 0.0279. The van der Waals surface area contributed by atoms with Gasteiger partial charge in [0.1, 0.15) is 6.54 Å². The average Bonchev–Trinajstić information content (AvgIpc) is 3.24. The third-order valence-corrected chi connectivity index (χ3v) is 6.04. The molecule has 2 amide bonds. The molecule has 0 N–H and O–H groups in total. The molecule has 154 valence electrons. The Bertz CT molecular complexity index is 1050. The Labute approximate surface area is 175 Å². The van der Waals surface area contributed by atoms with Gasteiger partial charge in [0.15, 0.2) is 5.76 Å². The molecule has 1 aromatic carbocycles. The summed E-state index contributed by atoms with van der Waals surface area (Å²) in [6.45, 7) is 3.51. The summed E-state index contributed by atoms with van der Waals surface area (Å²) in [6, 6.07) is 15.8. The van der Waals surface area contributed by atoms with Crippen LogP contribution in [-0.4, -0.2) is 45.3 Å². The van der Waals surface area contributed by atoms with E-state index < -0.39 is 0 Å². The number of rotatable bonds is 5. The Morgan fingerprint density at radius 1 is 1.07 bits per heavy atom. The van der Waals surface area contributed by atoms with Crippen LogP contribution in [0.1, 0.15) is 46.3 Å². The van der Waals surface area contributed by atoms with Crippen LogP contribution in [0.3, 0.4) is 0 Å². The second-order valence-electron chi connectivity index (χ2n) is 8.17. The van der Waals surface area contributed by atoms with E-state index in [0.29, 0.717) is 6.54 Å². The fraction of sp³-hybridized carbons (Fsp3) is 0.333. The van der Waals surface area contributed by atoms with Gasteiger partial charge in [-0.1, -0.05) is 29.8 Å². The van der Waals surface area contributed by atoms with E-state index in [1.54, 1.807) is 17.0 Å². The Hall–Kier alpha value is -3.28. The summed E-state index contributed by atoms with van der Waals surface area (Å²) >= 11 is 0. The van der Waals surface area contributed by atoms with Gasteiger partial charge in [-0.15, -0.1) is 0 Å². The van der Waals surface area contributed by atoms with Crippen LogP contribution in [0, 0.1) is 6.92 Å². The molecule has 1 atom stereocenters. The van der Waals surface area contributed by atoms with Crippen molar-refractivity contribution in [2.45, 2.75) is 38.4 Å². The smallest absolute Gasteiger partial charge is 0.290 e. The molecule has 1 fully saturated rings. The number of amides is 2. The summed E-state index contributed by atoms with van der Waals surface area (Å²) in [5.74, 6) is 0.0558. The first-order chi connectivity index (χ1) is 14.6. The number of hydrogen-bond donors (Lipinski definition) is 0. The number of benzene rings is 1. The van der Waals surface area contributed by atoms with Gasteiger partial charge in [0.25, 0.3) is 5.91 Å². The average molecular weight is 403 g/mol. The molecular formula is C24H25N3O3. The van der Waals surface area contributed by atoms with Gasteiger partial charge in [0.05, 0.1) is 12.3 Å². The molecule has 1 aliphatic heterocycles. The summed E-state index contributed by atoms with van der Waals surface area (Å²) in [7, 11) is 0. The fourth-order valence-corrected chi connectivity index (χ4v) is 4.28. The molecule has 6 heteroatoms. The largest absolute Gasteiger partial charge is 0.459 e. The van der Waals surface area contributed by atoms with Crippen LogP contribution in [0.15, 0.2) is 65.4 Å². The molecule has 1 saturated carbocycles. The molecule has 0 unspecified atom stereocenters. The lowest BCUT2D eigenvalue weighted by atomic mass is 9.98. The van der Waals surface area contributed by atoms with Gasteiger partial charge in [-0.3, -0.25) is 9.59 Å². The van der Waals surface area contributed by atoms with Crippen molar-refractivity contribution in [2.75, 3.05) is 13.1 Å². The predicted molar refractivity (Wildman–Crippen MR) is 112 cm³/mol. The lowest BCUT2D eigenvalue weighted by Gasteiger charge is -2.38. The third-order valence-electron chi connectivity index (χ3n) is 6.04. The van der Waals surface area contributed by atoms with Crippen LogP contribution in [-0.2, 0) is 11.3 Å². The zero-order chi connectivity index (χ0) is 20.7. The minimum Gasteiger partial charge on any atom is -0.459 e. The Morgan fingerprint density at radius 3 is 2.57 bits per heavy atom. The van der Waals surface area contributed by atoms with Crippen molar-refractivity contribution < 1.29 is 14.0 Å². The quantitative estimate of drug-likeness (QED) is 0.654. The van der Waals surface area contributed by atoms with Crippen LogP contribution in [0.25, 0.3) is 0 Å². The topological polar surface area (TPSA) is 58.7 Å². The zero-order valence-corrected chi connectivity index (χ0v) is 17.0. The van der Waals surface area contributed by atoms with Gasteiger partial charge >= 0.3 is 0 Å². The van der Waals surface area contributed by atoms with Crippen LogP contribution in [0.4, 0.5) is 0 Å². The first-order valence-corrected chi connectivity index (χ1v) is 10.5. The van der Waals surface area contributed by atoms with Gasteiger partial charge in [-0.25, -0.2) is 0 Å². The molecule has 2 aliphatic rings. The highest BCUT2D eigenvalue weighted by Crippen LogP contribution is 2.34. The standard InChI is InChI=1S/C24H25N3O3/c1-17-6-8-18(9-7-17)23-20-4-2-12-25(20)13-14-26(23)22(28)16-27(19-10-11-19)24(29)21-5-3-15-30-21/h2-9,12,15,19,23H,10-11,13-14,16H2,1H3/t23-/m1/s1. The number of hydrogen-bond acceptors (Lipinski definition) is 3. The first kappa shape index (κ1) is 18.7. The summed E-state index contributed by atoms with van der Waals surface area (Å²) in [5, 5.41) is 0. The van der Waals surface area contributed by atoms with Crippen LogP contribution in [0.5, 0.6) is 0 Å². The van der Waals surface area contributed by atoms with Gasteiger partial charge in [-0.05, 0) is 49.6 Å². The number of fused-ring (bicyclic) bond motifs is 1. The SMILES string of the molecule is Cc1ccc([C@@H]2c3cccn3CCN2C(=O)CN(C(=O)c2ccco2)C2CC2)cc1. The maximum absolute atomic E-state index is 13.5. The van der Waals surface area contributed by atoms with Crippen molar-refractivity contribution in [3.8, 4) is 0 Å². The number of aromatic nitrogens is 1. The van der Waals surface area contributed by atoms with E-state index in [0.717, 1.165) is 30.6 Å². The number of carbonyl (C=O) groups is 2. The number of furan rings is 1. The summed E-state index contributed by atoms with van der Waals surface area (Å²) in [4.78, 5) is 30.0. The summed E-state index contributed by atoms with van der Waals surface area (Å²) in [5.41, 5.74) is 3.38. The maximum atomic E-state index is 13.5. The second kappa shape index (κ2) is 7.52. The molecule has 1 aliphatic carbocycles. The predicted octanol–water partition coefficient (Wildman–Crippen LogP) is 3.63. The van der Waals surface area contributed by atoms with E-state index in [4.69, 9.17) is 4.42 Å². The number of nitrogens with zero attached hydrogens (tertiary/aromatic N) is 3. The third kappa shape index (κ3) is 3.43. The van der Waals surface area contributed by atoms with E-state index in [1.165, 1.54) is 11.8 Å². The number of aryl methyl sites for hydroxylation is 1. The van der Waals surface area contributed by atoms with E-state index in [-0.39, 0.29) is 36.2 Å². The Morgan fingerprint density at radius 2 is 1.87 bits per heavy atom. The van der Waals surface area contributed by atoms with E-state index >= 15 is 0 Å². The van der Waals surface area contributed by atoms with Crippen LogP contribution < -0.4 is 0 Å². The molecule has 3 aromatic rings. The van der Waals surface area contributed by atoms with Crippen LogP contribution in [0.2, 0.25) is 0 Å². The van der Waals surface area contributed by atoms with Gasteiger partial charge in [0, 0.05) is 31.0 Å². The molecule has 0 saturated heterocycles. The van der Waals surface area contributed by atoms with Crippen molar-refractivity contribution in [3.05, 3.63) is 83.6 Å². The molecule has 0 bridgehead atoms. The summed E-state index contributed by atoms with van der Waals surface area (Å²) in [6.07, 6.45) is 5.43. The summed E-state index contributed by atoms with van der Waals surface area (Å²) < 4.78 is 7.51. The lowest BCUT2D eigenvalue weighted by molar-refractivity contribution is -0.134. The molecule has 30 heavy (non-hydrogen) atoms. The van der Waals surface area contributed by atoms with E-state index in [1.807, 2.05) is 11.0 Å². The van der Waals surface area contributed by atoms with Crippen LogP contribution >= 0.6 is 0 Å². The molecular weight excluding hydrogens is 378 g/mol. The van der Waals surface area contributed by atoms with Crippen molar-refractivity contribution >= 4 is 11.8 Å². The molecule has 5 rings (SSSR count). The van der Waals surface area contributed by atoms with Gasteiger partial charge in [-0.2, -0.15) is 0 Å². The highest BCUT2D eigenvalue weighted by atomic mass is 16.3. The Kier molecular flexibility index (Phi) is 4.69. The van der Waals surface area contributed by atoms with E-state index in [9.17, 15) is 9.59 Å². The highest BCUT2D eigenvalue weighted by Gasteiger charge is 2.38. The maximum Gasteiger partial charge on any atom is 0.290 e. The first-order valence-electron chi connectivity index (χ1n) is 10.5. The molecule has 0 radical (unpaired) electrons.